The van der Waals surface area contributed by atoms with Crippen LogP contribution in [0.2, 0.25) is 5.15 Å². The third-order valence-corrected chi connectivity index (χ3v) is 3.69. The molecule has 3 aromatic rings. The van der Waals surface area contributed by atoms with Crippen LogP contribution >= 0.6 is 27.5 Å². The Morgan fingerprint density at radius 3 is 2.67 bits per heavy atom. The maximum atomic E-state index is 12.2. The Kier molecular flexibility index (Phi) is 3.90. The second-order valence-electron chi connectivity index (χ2n) is 4.39. The highest BCUT2D eigenvalue weighted by Gasteiger charge is 2.14. The van der Waals surface area contributed by atoms with Crippen molar-refractivity contribution < 1.29 is 9.53 Å². The highest BCUT2D eigenvalue weighted by molar-refractivity contribution is 9.10. The second-order valence-corrected chi connectivity index (χ2v) is 5.66. The van der Waals surface area contributed by atoms with Crippen LogP contribution in [-0.2, 0) is 0 Å². The van der Waals surface area contributed by atoms with Crippen LogP contribution in [0.4, 0.5) is 0 Å². The summed E-state index contributed by atoms with van der Waals surface area (Å²) in [4.78, 5) is 16.1. The van der Waals surface area contributed by atoms with Crippen molar-refractivity contribution in [1.29, 1.82) is 0 Å². The number of halogens is 2. The maximum absolute atomic E-state index is 12.2. The molecule has 0 N–H and O–H groups in total. The van der Waals surface area contributed by atoms with E-state index in [1.807, 2.05) is 36.4 Å². The number of benzene rings is 2. The Morgan fingerprint density at radius 1 is 1.10 bits per heavy atom. The first-order chi connectivity index (χ1) is 10.1. The number of hydrogen-bond acceptors (Lipinski definition) is 3. The van der Waals surface area contributed by atoms with Gasteiger partial charge < -0.3 is 4.74 Å². The number of esters is 1. The number of ether oxygens (including phenoxy) is 1. The summed E-state index contributed by atoms with van der Waals surface area (Å²) in [6, 6.07) is 14.9. The molecule has 1 heterocycles. The summed E-state index contributed by atoms with van der Waals surface area (Å²) in [5, 5.41) is 2.20. The lowest BCUT2D eigenvalue weighted by atomic mass is 10.1. The van der Waals surface area contributed by atoms with Gasteiger partial charge >= 0.3 is 5.97 Å². The van der Waals surface area contributed by atoms with E-state index >= 15 is 0 Å². The van der Waals surface area contributed by atoms with Crippen LogP contribution in [-0.4, -0.2) is 11.0 Å². The molecule has 0 amide bonds. The van der Waals surface area contributed by atoms with Gasteiger partial charge in [-0.3, -0.25) is 0 Å². The van der Waals surface area contributed by atoms with Gasteiger partial charge in [-0.1, -0.05) is 41.9 Å². The summed E-state index contributed by atoms with van der Waals surface area (Å²) in [5.74, 6) is -0.0705. The Balaban J connectivity index is 1.90. The Bertz CT molecular complexity index is 835. The lowest BCUT2D eigenvalue weighted by Gasteiger charge is -2.07. The highest BCUT2D eigenvalue weighted by Crippen LogP contribution is 2.23. The minimum atomic E-state index is -0.538. The molecule has 21 heavy (non-hydrogen) atoms. The minimum Gasteiger partial charge on any atom is -0.423 e. The van der Waals surface area contributed by atoms with Crippen LogP contribution in [0.25, 0.3) is 10.8 Å². The van der Waals surface area contributed by atoms with Crippen LogP contribution in [0.1, 0.15) is 10.4 Å². The van der Waals surface area contributed by atoms with Crippen molar-refractivity contribution in [3.63, 3.8) is 0 Å². The van der Waals surface area contributed by atoms with Gasteiger partial charge in [-0.15, -0.1) is 0 Å². The quantitative estimate of drug-likeness (QED) is 0.371. The fourth-order valence-corrected chi connectivity index (χ4v) is 2.47. The Hall–Kier alpha value is -1.91. The van der Waals surface area contributed by atoms with Crippen LogP contribution in [0, 0.1) is 0 Å². The van der Waals surface area contributed by atoms with E-state index in [1.54, 1.807) is 12.1 Å². The molecular formula is C16H9BrClNO2. The number of hydrogen-bond donors (Lipinski definition) is 0. The van der Waals surface area contributed by atoms with Crippen LogP contribution in [0.15, 0.2) is 59.2 Å². The molecule has 0 spiro atoms. The molecule has 2 aromatic carbocycles. The predicted molar refractivity (Wildman–Crippen MR) is 85.9 cm³/mol. The van der Waals surface area contributed by atoms with Crippen molar-refractivity contribution in [3.8, 4) is 5.75 Å². The molecule has 0 aliphatic rings. The standard InChI is InChI=1S/C16H9BrClNO2/c17-12-8-14(15(18)19-9-12)16(20)21-13-6-5-10-3-1-2-4-11(10)7-13/h1-9H. The van der Waals surface area contributed by atoms with Crippen molar-refractivity contribution >= 4 is 44.3 Å². The molecule has 0 unspecified atom stereocenters. The number of aromatic nitrogens is 1. The van der Waals surface area contributed by atoms with Gasteiger partial charge in [-0.05, 0) is 44.9 Å². The zero-order valence-corrected chi connectivity index (χ0v) is 13.1. The molecule has 0 radical (unpaired) electrons. The largest absolute Gasteiger partial charge is 0.423 e. The predicted octanol–water partition coefficient (Wildman–Crippen LogP) is 4.87. The van der Waals surface area contributed by atoms with Crippen LogP contribution < -0.4 is 4.74 Å². The zero-order valence-electron chi connectivity index (χ0n) is 10.7. The third kappa shape index (κ3) is 3.06. The van der Waals surface area contributed by atoms with Crippen molar-refractivity contribution in [2.75, 3.05) is 0 Å². The molecule has 0 bridgehead atoms. The molecule has 3 nitrogen and oxygen atoms in total. The number of rotatable bonds is 2. The Morgan fingerprint density at radius 2 is 1.86 bits per heavy atom. The lowest BCUT2D eigenvalue weighted by Crippen LogP contribution is -2.09. The monoisotopic (exact) mass is 361 g/mol. The third-order valence-electron chi connectivity index (χ3n) is 2.96. The SMILES string of the molecule is O=C(Oc1ccc2ccccc2c1)c1cc(Br)cnc1Cl. The molecule has 0 aliphatic heterocycles. The van der Waals surface area contributed by atoms with Crippen molar-refractivity contribution in [1.82, 2.24) is 4.98 Å². The molecule has 0 fully saturated rings. The molecule has 5 heteroatoms. The van der Waals surface area contributed by atoms with Gasteiger partial charge in [0.25, 0.3) is 0 Å². The smallest absolute Gasteiger partial charge is 0.346 e. The summed E-state index contributed by atoms with van der Waals surface area (Å²) >= 11 is 9.17. The minimum absolute atomic E-state index is 0.115. The van der Waals surface area contributed by atoms with Crippen molar-refractivity contribution in [3.05, 3.63) is 69.9 Å². The highest BCUT2D eigenvalue weighted by atomic mass is 79.9. The first-order valence-electron chi connectivity index (χ1n) is 6.15. The fraction of sp³-hybridized carbons (Fsp3) is 0. The summed E-state index contributed by atoms with van der Waals surface area (Å²) < 4.78 is 6.02. The van der Waals surface area contributed by atoms with E-state index in [0.29, 0.717) is 10.2 Å². The lowest BCUT2D eigenvalue weighted by molar-refractivity contribution is 0.0734. The van der Waals surface area contributed by atoms with Gasteiger partial charge in [0.15, 0.2) is 0 Å². The molecular weight excluding hydrogens is 354 g/mol. The number of carbonyl (C=O) groups is 1. The average molecular weight is 363 g/mol. The van der Waals surface area contributed by atoms with Gasteiger partial charge in [0.2, 0.25) is 0 Å². The van der Waals surface area contributed by atoms with Gasteiger partial charge in [0.1, 0.15) is 10.9 Å². The molecule has 0 saturated heterocycles. The molecule has 0 atom stereocenters. The Labute approximate surface area is 134 Å². The molecule has 0 aliphatic carbocycles. The van der Waals surface area contributed by atoms with E-state index in [-0.39, 0.29) is 10.7 Å². The van der Waals surface area contributed by atoms with E-state index in [9.17, 15) is 4.79 Å². The summed E-state index contributed by atoms with van der Waals surface area (Å²) in [5.41, 5.74) is 0.221. The van der Waals surface area contributed by atoms with Gasteiger partial charge in [-0.25, -0.2) is 9.78 Å². The van der Waals surface area contributed by atoms with E-state index in [4.69, 9.17) is 16.3 Å². The van der Waals surface area contributed by atoms with Gasteiger partial charge in [0, 0.05) is 10.7 Å². The molecule has 1 aromatic heterocycles. The van der Waals surface area contributed by atoms with E-state index in [0.717, 1.165) is 10.8 Å². The topological polar surface area (TPSA) is 39.2 Å². The first-order valence-corrected chi connectivity index (χ1v) is 7.32. The number of nitrogens with zero attached hydrogens (tertiary/aromatic N) is 1. The number of pyridine rings is 1. The van der Waals surface area contributed by atoms with Gasteiger partial charge in [0.05, 0.1) is 5.56 Å². The molecule has 104 valence electrons. The van der Waals surface area contributed by atoms with E-state index in [1.165, 1.54) is 6.20 Å². The van der Waals surface area contributed by atoms with Crippen molar-refractivity contribution in [2.24, 2.45) is 0 Å². The van der Waals surface area contributed by atoms with Gasteiger partial charge in [-0.2, -0.15) is 0 Å². The van der Waals surface area contributed by atoms with Crippen LogP contribution in [0.3, 0.4) is 0 Å². The summed E-state index contributed by atoms with van der Waals surface area (Å²) in [6.45, 7) is 0. The molecule has 3 rings (SSSR count). The van der Waals surface area contributed by atoms with Crippen LogP contribution in [0.5, 0.6) is 5.75 Å². The van der Waals surface area contributed by atoms with Crippen molar-refractivity contribution in [2.45, 2.75) is 0 Å². The first kappa shape index (κ1) is 14.0. The second kappa shape index (κ2) is 5.84. The van der Waals surface area contributed by atoms with E-state index in [2.05, 4.69) is 20.9 Å². The number of fused-ring (bicyclic) bond motifs is 1. The zero-order chi connectivity index (χ0) is 14.8. The fourth-order valence-electron chi connectivity index (χ4n) is 1.96. The maximum Gasteiger partial charge on any atom is 0.346 e. The average Bonchev–Trinajstić information content (AvgIpc) is 2.49. The summed E-state index contributed by atoms with van der Waals surface area (Å²) in [6.07, 6.45) is 1.52. The summed E-state index contributed by atoms with van der Waals surface area (Å²) in [7, 11) is 0. The number of carbonyl (C=O) groups excluding carboxylic acids is 1. The normalized spacial score (nSPS) is 10.6. The molecule has 0 saturated carbocycles. The van der Waals surface area contributed by atoms with E-state index < -0.39 is 5.97 Å².